The zero-order chi connectivity index (χ0) is 13.1. The van der Waals surface area contributed by atoms with Gasteiger partial charge in [0.2, 0.25) is 5.91 Å². The third-order valence-corrected chi connectivity index (χ3v) is 2.79. The van der Waals surface area contributed by atoms with E-state index in [0.717, 1.165) is 31.2 Å². The van der Waals surface area contributed by atoms with E-state index in [-0.39, 0.29) is 23.3 Å². The summed E-state index contributed by atoms with van der Waals surface area (Å²) >= 11 is 0. The second-order valence-corrected chi connectivity index (χ2v) is 4.06. The Morgan fingerprint density at radius 3 is 2.94 bits per heavy atom. The number of nitro groups is 1. The summed E-state index contributed by atoms with van der Waals surface area (Å²) < 4.78 is 13.0. The van der Waals surface area contributed by atoms with Crippen LogP contribution in [0.1, 0.15) is 12.8 Å². The summed E-state index contributed by atoms with van der Waals surface area (Å²) in [5.74, 6) is -1.00. The Morgan fingerprint density at radius 2 is 2.33 bits per heavy atom. The first-order valence-corrected chi connectivity index (χ1v) is 5.56. The highest BCUT2D eigenvalue weighted by atomic mass is 19.1. The second kappa shape index (κ2) is 5.09. The average molecular weight is 253 g/mol. The lowest BCUT2D eigenvalue weighted by Gasteiger charge is -2.11. The Labute approximate surface area is 102 Å². The van der Waals surface area contributed by atoms with Gasteiger partial charge < -0.3 is 10.6 Å². The molecule has 0 spiro atoms. The van der Waals surface area contributed by atoms with Crippen molar-refractivity contribution in [2.45, 2.75) is 18.9 Å². The first kappa shape index (κ1) is 12.4. The number of hydrogen-bond donors (Lipinski definition) is 2. The van der Waals surface area contributed by atoms with E-state index in [9.17, 15) is 19.3 Å². The van der Waals surface area contributed by atoms with Gasteiger partial charge in [0.15, 0.2) is 0 Å². The molecule has 2 rings (SSSR count). The smallest absolute Gasteiger partial charge is 0.292 e. The van der Waals surface area contributed by atoms with E-state index in [1.54, 1.807) is 0 Å². The molecule has 1 aliphatic rings. The Morgan fingerprint density at radius 1 is 1.56 bits per heavy atom. The quantitative estimate of drug-likeness (QED) is 0.630. The first-order valence-electron chi connectivity index (χ1n) is 5.56. The Hall–Kier alpha value is -2.02. The van der Waals surface area contributed by atoms with Crippen molar-refractivity contribution >= 4 is 17.3 Å². The number of nitrogens with one attached hydrogen (secondary N) is 2. The lowest BCUT2D eigenvalue weighted by atomic mass is 10.2. The molecule has 1 aromatic rings. The number of anilines is 1. The topological polar surface area (TPSA) is 84.3 Å². The van der Waals surface area contributed by atoms with E-state index in [1.165, 1.54) is 0 Å². The van der Waals surface area contributed by atoms with Crippen molar-refractivity contribution < 1.29 is 14.1 Å². The number of benzene rings is 1. The molecule has 1 amide bonds. The molecule has 0 unspecified atom stereocenters. The van der Waals surface area contributed by atoms with Gasteiger partial charge in [0.25, 0.3) is 5.69 Å². The van der Waals surface area contributed by atoms with Gasteiger partial charge in [-0.05, 0) is 25.5 Å². The molecule has 0 saturated carbocycles. The fraction of sp³-hybridized carbons (Fsp3) is 0.364. The average Bonchev–Trinajstić information content (AvgIpc) is 2.81. The van der Waals surface area contributed by atoms with Gasteiger partial charge in [-0.1, -0.05) is 0 Å². The molecule has 0 bridgehead atoms. The van der Waals surface area contributed by atoms with E-state index in [4.69, 9.17) is 0 Å². The number of carbonyl (C=O) groups is 1. The van der Waals surface area contributed by atoms with Crippen LogP contribution in [0, 0.1) is 15.9 Å². The fourth-order valence-corrected chi connectivity index (χ4v) is 1.90. The molecule has 1 atom stereocenters. The SMILES string of the molecule is O=C(Nc1cc(F)ccc1[N+](=O)[O-])[C@@H]1CCCN1. The zero-order valence-electron chi connectivity index (χ0n) is 9.48. The highest BCUT2D eigenvalue weighted by molar-refractivity contribution is 5.96. The number of rotatable bonds is 3. The highest BCUT2D eigenvalue weighted by Gasteiger charge is 2.24. The molecule has 1 aliphatic heterocycles. The maximum absolute atomic E-state index is 13.0. The van der Waals surface area contributed by atoms with Crippen LogP contribution >= 0.6 is 0 Å². The van der Waals surface area contributed by atoms with E-state index < -0.39 is 10.7 Å². The molecule has 1 aromatic carbocycles. The molecule has 1 saturated heterocycles. The van der Waals surface area contributed by atoms with Crippen LogP contribution in [-0.2, 0) is 4.79 Å². The Balaban J connectivity index is 2.19. The summed E-state index contributed by atoms with van der Waals surface area (Å²) in [4.78, 5) is 21.9. The van der Waals surface area contributed by atoms with E-state index >= 15 is 0 Å². The summed E-state index contributed by atoms with van der Waals surface area (Å²) in [6.07, 6.45) is 1.55. The van der Waals surface area contributed by atoms with Crippen molar-refractivity contribution in [2.24, 2.45) is 0 Å². The zero-order valence-corrected chi connectivity index (χ0v) is 9.48. The van der Waals surface area contributed by atoms with Crippen molar-refractivity contribution in [3.05, 3.63) is 34.1 Å². The van der Waals surface area contributed by atoms with Crippen LogP contribution in [0.3, 0.4) is 0 Å². The molecule has 0 aliphatic carbocycles. The highest BCUT2D eigenvalue weighted by Crippen LogP contribution is 2.25. The lowest BCUT2D eigenvalue weighted by Crippen LogP contribution is -2.35. The minimum absolute atomic E-state index is 0.112. The van der Waals surface area contributed by atoms with Crippen LogP contribution in [0.4, 0.5) is 15.8 Å². The van der Waals surface area contributed by atoms with Crippen LogP contribution in [0.5, 0.6) is 0 Å². The third-order valence-electron chi connectivity index (χ3n) is 2.79. The molecule has 7 heteroatoms. The minimum atomic E-state index is -0.656. The van der Waals surface area contributed by atoms with Crippen LogP contribution in [-0.4, -0.2) is 23.4 Å². The van der Waals surface area contributed by atoms with E-state index in [1.807, 2.05) is 0 Å². The van der Waals surface area contributed by atoms with Gasteiger partial charge in [0.1, 0.15) is 11.5 Å². The van der Waals surface area contributed by atoms with Gasteiger partial charge in [-0.3, -0.25) is 14.9 Å². The number of halogens is 1. The Kier molecular flexibility index (Phi) is 3.52. The van der Waals surface area contributed by atoms with Crippen molar-refractivity contribution in [1.29, 1.82) is 0 Å². The number of nitro benzene ring substituents is 1. The van der Waals surface area contributed by atoms with Gasteiger partial charge in [0.05, 0.1) is 11.0 Å². The molecular weight excluding hydrogens is 241 g/mol. The predicted molar refractivity (Wildman–Crippen MR) is 62.7 cm³/mol. The van der Waals surface area contributed by atoms with Crippen molar-refractivity contribution in [3.8, 4) is 0 Å². The molecule has 0 aromatic heterocycles. The molecular formula is C11H12FN3O3. The molecule has 0 radical (unpaired) electrons. The van der Waals surface area contributed by atoms with Crippen LogP contribution < -0.4 is 10.6 Å². The maximum atomic E-state index is 13.0. The summed E-state index contributed by atoms with van der Waals surface area (Å²) in [5, 5.41) is 16.1. The third kappa shape index (κ3) is 2.62. The van der Waals surface area contributed by atoms with E-state index in [0.29, 0.717) is 6.42 Å². The molecule has 1 fully saturated rings. The molecule has 18 heavy (non-hydrogen) atoms. The fourth-order valence-electron chi connectivity index (χ4n) is 1.90. The van der Waals surface area contributed by atoms with Gasteiger partial charge in [-0.15, -0.1) is 0 Å². The molecule has 1 heterocycles. The molecule has 2 N–H and O–H groups in total. The number of nitrogens with zero attached hydrogens (tertiary/aromatic N) is 1. The Bertz CT molecular complexity index is 486. The van der Waals surface area contributed by atoms with Crippen LogP contribution in [0.2, 0.25) is 0 Å². The number of hydrogen-bond acceptors (Lipinski definition) is 4. The monoisotopic (exact) mass is 253 g/mol. The van der Waals surface area contributed by atoms with Gasteiger partial charge in [-0.2, -0.15) is 0 Å². The standard InChI is InChI=1S/C11H12FN3O3/c12-7-3-4-10(15(17)18)9(6-7)14-11(16)8-2-1-5-13-8/h3-4,6,8,13H,1-2,5H2,(H,14,16)/t8-/m0/s1. The van der Waals surface area contributed by atoms with Crippen molar-refractivity contribution in [1.82, 2.24) is 5.32 Å². The maximum Gasteiger partial charge on any atom is 0.292 e. The number of carbonyl (C=O) groups excluding carboxylic acids is 1. The summed E-state index contributed by atoms with van der Waals surface area (Å²) in [6.45, 7) is 0.739. The van der Waals surface area contributed by atoms with E-state index in [2.05, 4.69) is 10.6 Å². The number of amides is 1. The minimum Gasteiger partial charge on any atom is -0.319 e. The van der Waals surface area contributed by atoms with Gasteiger partial charge >= 0.3 is 0 Å². The lowest BCUT2D eigenvalue weighted by molar-refractivity contribution is -0.384. The normalized spacial score (nSPS) is 18.6. The van der Waals surface area contributed by atoms with Crippen molar-refractivity contribution in [2.75, 3.05) is 11.9 Å². The molecule has 6 nitrogen and oxygen atoms in total. The van der Waals surface area contributed by atoms with Crippen LogP contribution in [0.15, 0.2) is 18.2 Å². The van der Waals surface area contributed by atoms with Crippen LogP contribution in [0.25, 0.3) is 0 Å². The van der Waals surface area contributed by atoms with Gasteiger partial charge in [0, 0.05) is 12.1 Å². The first-order chi connectivity index (χ1) is 8.58. The molecule has 96 valence electrons. The van der Waals surface area contributed by atoms with Crippen molar-refractivity contribution in [3.63, 3.8) is 0 Å². The summed E-state index contributed by atoms with van der Waals surface area (Å²) in [5.41, 5.74) is -0.429. The largest absolute Gasteiger partial charge is 0.319 e. The van der Waals surface area contributed by atoms with Gasteiger partial charge in [-0.25, -0.2) is 4.39 Å². The second-order valence-electron chi connectivity index (χ2n) is 4.06. The predicted octanol–water partition coefficient (Wildman–Crippen LogP) is 1.42. The summed E-state index contributed by atoms with van der Waals surface area (Å²) in [7, 11) is 0. The summed E-state index contributed by atoms with van der Waals surface area (Å²) in [6, 6.07) is 2.60.